The van der Waals surface area contributed by atoms with E-state index in [1.807, 2.05) is 0 Å². The fourth-order valence-electron chi connectivity index (χ4n) is 1.33. The molecule has 0 aliphatic carbocycles. The zero-order valence-corrected chi connectivity index (χ0v) is 8.42. The summed E-state index contributed by atoms with van der Waals surface area (Å²) in [4.78, 5) is 14.6. The monoisotopic (exact) mass is 212 g/mol. The molecule has 0 amide bonds. The minimum atomic E-state index is -0.584. The number of anilines is 1. The van der Waals surface area contributed by atoms with E-state index in [4.69, 9.17) is 0 Å². The van der Waals surface area contributed by atoms with E-state index in [9.17, 15) is 13.6 Å². The van der Waals surface area contributed by atoms with Crippen LogP contribution in [0.2, 0.25) is 0 Å². The first-order valence-corrected chi connectivity index (χ1v) is 4.25. The molecule has 1 aromatic rings. The molecular formula is C10H10F2N2O. The highest BCUT2D eigenvalue weighted by atomic mass is 19.1. The van der Waals surface area contributed by atoms with Crippen molar-refractivity contribution in [2.24, 2.45) is 4.99 Å². The lowest BCUT2D eigenvalue weighted by molar-refractivity contribution is 0.560. The largest absolute Gasteiger partial charge is 0.375 e. The van der Waals surface area contributed by atoms with Gasteiger partial charge in [0.05, 0.1) is 12.2 Å². The lowest BCUT2D eigenvalue weighted by Gasteiger charge is -2.17. The first-order chi connectivity index (χ1) is 7.07. The summed E-state index contributed by atoms with van der Waals surface area (Å²) in [6, 6.07) is 2.05. The molecule has 0 spiro atoms. The maximum atomic E-state index is 13.4. The molecule has 0 bridgehead atoms. The normalized spacial score (nSPS) is 9.60. The van der Waals surface area contributed by atoms with Crippen LogP contribution in [0.25, 0.3) is 0 Å². The lowest BCUT2D eigenvalue weighted by atomic mass is 10.1. The summed E-state index contributed by atoms with van der Waals surface area (Å²) in [7, 11) is 3.18. The Kier molecular flexibility index (Phi) is 3.52. The van der Waals surface area contributed by atoms with Gasteiger partial charge >= 0.3 is 0 Å². The van der Waals surface area contributed by atoms with Crippen LogP contribution in [0.4, 0.5) is 14.5 Å². The van der Waals surface area contributed by atoms with Crippen LogP contribution in [0, 0.1) is 11.6 Å². The summed E-state index contributed by atoms with van der Waals surface area (Å²) in [5.74, 6) is -1.13. The Bertz CT molecular complexity index is 412. The van der Waals surface area contributed by atoms with Crippen LogP contribution in [0.1, 0.15) is 5.56 Å². The second kappa shape index (κ2) is 4.66. The summed E-state index contributed by atoms with van der Waals surface area (Å²) in [6.07, 6.45) is 1.30. The predicted molar refractivity (Wildman–Crippen MR) is 52.5 cm³/mol. The molecule has 0 saturated carbocycles. The van der Waals surface area contributed by atoms with Gasteiger partial charge in [0.1, 0.15) is 11.6 Å². The highest BCUT2D eigenvalue weighted by molar-refractivity contribution is 5.54. The van der Waals surface area contributed by atoms with E-state index in [1.54, 1.807) is 14.1 Å². The van der Waals surface area contributed by atoms with E-state index in [2.05, 4.69) is 4.99 Å². The Morgan fingerprint density at radius 1 is 1.33 bits per heavy atom. The molecule has 0 aromatic heterocycles. The van der Waals surface area contributed by atoms with Crippen molar-refractivity contribution in [1.29, 1.82) is 0 Å². The van der Waals surface area contributed by atoms with Gasteiger partial charge in [0.15, 0.2) is 0 Å². The van der Waals surface area contributed by atoms with Gasteiger partial charge in [0, 0.05) is 19.7 Å². The average Bonchev–Trinajstić information content (AvgIpc) is 2.18. The molecule has 15 heavy (non-hydrogen) atoms. The molecule has 0 atom stereocenters. The lowest BCUT2D eigenvalue weighted by Crippen LogP contribution is -2.14. The molecule has 1 aromatic carbocycles. The van der Waals surface area contributed by atoms with Crippen molar-refractivity contribution in [3.05, 3.63) is 29.3 Å². The second-order valence-corrected chi connectivity index (χ2v) is 3.16. The van der Waals surface area contributed by atoms with Crippen LogP contribution >= 0.6 is 0 Å². The van der Waals surface area contributed by atoms with Gasteiger partial charge < -0.3 is 4.90 Å². The standard InChI is InChI=1S/C10H10F2N2O/c1-14(2)10-7(5-13-6-15)8(11)3-4-9(10)12/h3-4H,5H2,1-2H3. The average molecular weight is 212 g/mol. The van der Waals surface area contributed by atoms with Gasteiger partial charge in [-0.25, -0.2) is 18.6 Å². The van der Waals surface area contributed by atoms with Crippen LogP contribution in [-0.2, 0) is 11.3 Å². The van der Waals surface area contributed by atoms with Crippen molar-refractivity contribution < 1.29 is 13.6 Å². The second-order valence-electron chi connectivity index (χ2n) is 3.16. The van der Waals surface area contributed by atoms with Gasteiger partial charge in [-0.3, -0.25) is 0 Å². The van der Waals surface area contributed by atoms with Crippen molar-refractivity contribution in [2.75, 3.05) is 19.0 Å². The molecule has 80 valence electrons. The highest BCUT2D eigenvalue weighted by Gasteiger charge is 2.14. The number of hydrogen-bond acceptors (Lipinski definition) is 3. The molecule has 0 fully saturated rings. The first-order valence-electron chi connectivity index (χ1n) is 4.25. The molecule has 0 unspecified atom stereocenters. The number of hydrogen-bond donors (Lipinski definition) is 0. The number of rotatable bonds is 3. The fourth-order valence-corrected chi connectivity index (χ4v) is 1.33. The van der Waals surface area contributed by atoms with Crippen LogP contribution in [0.5, 0.6) is 0 Å². The number of nitrogens with zero attached hydrogens (tertiary/aromatic N) is 2. The molecule has 3 nitrogen and oxygen atoms in total. The van der Waals surface area contributed by atoms with Crippen LogP contribution in [0.3, 0.4) is 0 Å². The molecule has 0 N–H and O–H groups in total. The number of halogens is 2. The van der Waals surface area contributed by atoms with E-state index in [0.717, 1.165) is 12.1 Å². The maximum absolute atomic E-state index is 13.4. The van der Waals surface area contributed by atoms with Crippen molar-refractivity contribution >= 4 is 11.8 Å². The minimum absolute atomic E-state index is 0.0587. The zero-order chi connectivity index (χ0) is 11.4. The fraction of sp³-hybridized carbons (Fsp3) is 0.300. The molecule has 0 aliphatic rings. The smallest absolute Gasteiger partial charge is 0.235 e. The number of carbonyl (C=O) groups excluding carboxylic acids is 1. The van der Waals surface area contributed by atoms with Crippen molar-refractivity contribution in [2.45, 2.75) is 6.54 Å². The molecule has 0 heterocycles. The molecule has 0 saturated heterocycles. The Morgan fingerprint density at radius 2 is 1.93 bits per heavy atom. The van der Waals surface area contributed by atoms with Crippen molar-refractivity contribution in [3.63, 3.8) is 0 Å². The topological polar surface area (TPSA) is 32.7 Å². The van der Waals surface area contributed by atoms with Gasteiger partial charge in [0.2, 0.25) is 6.08 Å². The van der Waals surface area contributed by atoms with Gasteiger partial charge in [-0.1, -0.05) is 0 Å². The minimum Gasteiger partial charge on any atom is -0.375 e. The quantitative estimate of drug-likeness (QED) is 0.566. The third-order valence-electron chi connectivity index (χ3n) is 1.93. The van der Waals surface area contributed by atoms with E-state index in [0.29, 0.717) is 0 Å². The van der Waals surface area contributed by atoms with Crippen molar-refractivity contribution in [1.82, 2.24) is 0 Å². The number of isocyanates is 1. The summed E-state index contributed by atoms with van der Waals surface area (Å²) in [5, 5.41) is 0. The van der Waals surface area contributed by atoms with Crippen LogP contribution in [0.15, 0.2) is 17.1 Å². The van der Waals surface area contributed by atoms with E-state index < -0.39 is 11.6 Å². The van der Waals surface area contributed by atoms with Crippen molar-refractivity contribution in [3.8, 4) is 0 Å². The highest BCUT2D eigenvalue weighted by Crippen LogP contribution is 2.25. The Morgan fingerprint density at radius 3 is 2.47 bits per heavy atom. The van der Waals surface area contributed by atoms with Gasteiger partial charge in [-0.2, -0.15) is 0 Å². The number of benzene rings is 1. The molecule has 1 rings (SSSR count). The summed E-state index contributed by atoms with van der Waals surface area (Å²) >= 11 is 0. The summed E-state index contributed by atoms with van der Waals surface area (Å²) in [6.45, 7) is -0.208. The predicted octanol–water partition coefficient (Wildman–Crippen LogP) is 1.87. The van der Waals surface area contributed by atoms with Crippen LogP contribution < -0.4 is 4.90 Å². The third-order valence-corrected chi connectivity index (χ3v) is 1.93. The molecule has 0 aliphatic heterocycles. The van der Waals surface area contributed by atoms with Gasteiger partial charge in [-0.15, -0.1) is 0 Å². The SMILES string of the molecule is CN(C)c1c(F)ccc(F)c1CN=C=O. The van der Waals surface area contributed by atoms with Crippen LogP contribution in [-0.4, -0.2) is 20.2 Å². The van der Waals surface area contributed by atoms with E-state index in [1.165, 1.54) is 11.0 Å². The molecule has 5 heteroatoms. The summed E-state index contributed by atoms with van der Waals surface area (Å²) in [5.41, 5.74) is 0.164. The van der Waals surface area contributed by atoms with E-state index >= 15 is 0 Å². The van der Waals surface area contributed by atoms with Gasteiger partial charge in [0.25, 0.3) is 0 Å². The molecule has 0 radical (unpaired) electrons. The molecular weight excluding hydrogens is 202 g/mol. The number of aliphatic imine (C=N–C) groups is 1. The Balaban J connectivity index is 3.30. The van der Waals surface area contributed by atoms with Gasteiger partial charge in [-0.05, 0) is 12.1 Å². The Labute approximate surface area is 86.0 Å². The maximum Gasteiger partial charge on any atom is 0.235 e. The van der Waals surface area contributed by atoms with E-state index in [-0.39, 0.29) is 17.8 Å². The first kappa shape index (κ1) is 11.3. The Hall–Kier alpha value is -1.74. The zero-order valence-electron chi connectivity index (χ0n) is 8.42. The summed E-state index contributed by atoms with van der Waals surface area (Å²) < 4.78 is 26.7. The third kappa shape index (κ3) is 2.39.